The van der Waals surface area contributed by atoms with Gasteiger partial charge in [0.1, 0.15) is 11.9 Å². The Bertz CT molecular complexity index is 288. The summed E-state index contributed by atoms with van der Waals surface area (Å²) in [6.07, 6.45) is 0.0416. The van der Waals surface area contributed by atoms with Gasteiger partial charge < -0.3 is 10.5 Å². The maximum absolute atomic E-state index is 5.81. The Morgan fingerprint density at radius 1 is 1.54 bits per heavy atom. The van der Waals surface area contributed by atoms with Gasteiger partial charge in [-0.2, -0.15) is 0 Å². The zero-order valence-electron chi connectivity index (χ0n) is 7.88. The summed E-state index contributed by atoms with van der Waals surface area (Å²) < 4.78 is 5.57. The second-order valence-corrected chi connectivity index (χ2v) is 3.51. The average Bonchev–Trinajstić information content (AvgIpc) is 2.09. The molecule has 0 aliphatic carbocycles. The summed E-state index contributed by atoms with van der Waals surface area (Å²) in [6, 6.07) is 5.55. The van der Waals surface area contributed by atoms with E-state index in [4.69, 9.17) is 22.1 Å². The van der Waals surface area contributed by atoms with E-state index in [-0.39, 0.29) is 6.10 Å². The number of nitrogens with two attached hydrogens (primary N) is 1. The number of hydrogen-bond acceptors (Lipinski definition) is 2. The first-order chi connectivity index (χ1) is 6.13. The van der Waals surface area contributed by atoms with E-state index >= 15 is 0 Å². The van der Waals surface area contributed by atoms with Crippen molar-refractivity contribution in [1.29, 1.82) is 0 Å². The van der Waals surface area contributed by atoms with Crippen molar-refractivity contribution in [1.82, 2.24) is 0 Å². The summed E-state index contributed by atoms with van der Waals surface area (Å²) in [7, 11) is 0. The molecule has 0 spiro atoms. The minimum absolute atomic E-state index is 0.0416. The van der Waals surface area contributed by atoms with Crippen LogP contribution in [0, 0.1) is 6.92 Å². The number of rotatable bonds is 3. The van der Waals surface area contributed by atoms with Crippen LogP contribution in [-0.2, 0) is 0 Å². The fraction of sp³-hybridized carbons (Fsp3) is 0.400. The zero-order valence-corrected chi connectivity index (χ0v) is 8.64. The highest BCUT2D eigenvalue weighted by Gasteiger charge is 2.04. The van der Waals surface area contributed by atoms with Gasteiger partial charge in [-0.3, -0.25) is 0 Å². The van der Waals surface area contributed by atoms with Crippen LogP contribution in [0.2, 0.25) is 5.02 Å². The van der Waals surface area contributed by atoms with E-state index < -0.39 is 0 Å². The van der Waals surface area contributed by atoms with Gasteiger partial charge in [-0.15, -0.1) is 0 Å². The number of aryl methyl sites for hydroxylation is 1. The van der Waals surface area contributed by atoms with Crippen molar-refractivity contribution in [2.75, 3.05) is 6.54 Å². The molecule has 0 aliphatic rings. The predicted molar refractivity (Wildman–Crippen MR) is 55.3 cm³/mol. The number of ether oxygens (including phenoxy) is 1. The number of benzene rings is 1. The van der Waals surface area contributed by atoms with Gasteiger partial charge in [-0.1, -0.05) is 11.6 Å². The van der Waals surface area contributed by atoms with Gasteiger partial charge in [-0.25, -0.2) is 0 Å². The number of halogens is 1. The van der Waals surface area contributed by atoms with Crippen LogP contribution in [0.5, 0.6) is 5.75 Å². The van der Waals surface area contributed by atoms with Gasteiger partial charge in [-0.05, 0) is 37.6 Å². The molecule has 0 heterocycles. The SMILES string of the molecule is Cc1cc(Cl)ccc1OC(C)CN. The molecule has 1 aromatic carbocycles. The van der Waals surface area contributed by atoms with Gasteiger partial charge in [0, 0.05) is 11.6 Å². The molecule has 2 nitrogen and oxygen atoms in total. The molecule has 0 fully saturated rings. The van der Waals surface area contributed by atoms with E-state index in [2.05, 4.69) is 0 Å². The van der Waals surface area contributed by atoms with Crippen LogP contribution in [0.1, 0.15) is 12.5 Å². The second-order valence-electron chi connectivity index (χ2n) is 3.07. The van der Waals surface area contributed by atoms with Crippen LogP contribution in [0.25, 0.3) is 0 Å². The lowest BCUT2D eigenvalue weighted by atomic mass is 10.2. The Morgan fingerprint density at radius 3 is 2.77 bits per heavy atom. The normalized spacial score (nSPS) is 12.6. The average molecular weight is 200 g/mol. The molecule has 3 heteroatoms. The third-order valence-electron chi connectivity index (χ3n) is 1.80. The van der Waals surface area contributed by atoms with E-state index in [0.717, 1.165) is 16.3 Å². The first-order valence-corrected chi connectivity index (χ1v) is 4.64. The zero-order chi connectivity index (χ0) is 9.84. The summed E-state index contributed by atoms with van der Waals surface area (Å²) in [4.78, 5) is 0. The van der Waals surface area contributed by atoms with Crippen molar-refractivity contribution >= 4 is 11.6 Å². The first kappa shape index (κ1) is 10.4. The summed E-state index contributed by atoms with van der Waals surface area (Å²) in [5, 5.41) is 0.727. The molecule has 72 valence electrons. The van der Waals surface area contributed by atoms with Gasteiger partial charge in [0.25, 0.3) is 0 Å². The molecular weight excluding hydrogens is 186 g/mol. The van der Waals surface area contributed by atoms with Gasteiger partial charge in [0.05, 0.1) is 0 Å². The van der Waals surface area contributed by atoms with Crippen molar-refractivity contribution in [2.24, 2.45) is 5.73 Å². The maximum atomic E-state index is 5.81. The fourth-order valence-electron chi connectivity index (χ4n) is 1.01. The van der Waals surface area contributed by atoms with Crippen LogP contribution in [0.15, 0.2) is 18.2 Å². The highest BCUT2D eigenvalue weighted by molar-refractivity contribution is 6.30. The molecular formula is C10H14ClNO. The topological polar surface area (TPSA) is 35.2 Å². The second kappa shape index (κ2) is 4.49. The molecule has 0 saturated heterocycles. The van der Waals surface area contributed by atoms with Crippen LogP contribution in [0.4, 0.5) is 0 Å². The van der Waals surface area contributed by atoms with E-state index in [1.165, 1.54) is 0 Å². The van der Waals surface area contributed by atoms with Crippen LogP contribution in [-0.4, -0.2) is 12.6 Å². The van der Waals surface area contributed by atoms with Crippen LogP contribution < -0.4 is 10.5 Å². The Hall–Kier alpha value is -0.730. The summed E-state index contributed by atoms with van der Waals surface area (Å²) in [5.74, 6) is 0.849. The van der Waals surface area contributed by atoms with Crippen molar-refractivity contribution in [3.05, 3.63) is 28.8 Å². The number of hydrogen-bond donors (Lipinski definition) is 1. The van der Waals surface area contributed by atoms with Crippen LogP contribution >= 0.6 is 11.6 Å². The van der Waals surface area contributed by atoms with E-state index in [9.17, 15) is 0 Å². The quantitative estimate of drug-likeness (QED) is 0.812. The Kier molecular flexibility index (Phi) is 3.58. The maximum Gasteiger partial charge on any atom is 0.122 e. The molecule has 0 amide bonds. The molecule has 1 rings (SSSR count). The molecule has 1 unspecified atom stereocenters. The molecule has 2 N–H and O–H groups in total. The Labute approximate surface area is 83.6 Å². The highest BCUT2D eigenvalue weighted by atomic mass is 35.5. The molecule has 0 bridgehead atoms. The van der Waals surface area contributed by atoms with Crippen molar-refractivity contribution in [3.63, 3.8) is 0 Å². The van der Waals surface area contributed by atoms with E-state index in [0.29, 0.717) is 6.54 Å². The van der Waals surface area contributed by atoms with Gasteiger partial charge >= 0.3 is 0 Å². The van der Waals surface area contributed by atoms with E-state index in [1.807, 2.05) is 32.0 Å². The molecule has 0 saturated carbocycles. The van der Waals surface area contributed by atoms with Crippen LogP contribution in [0.3, 0.4) is 0 Å². The summed E-state index contributed by atoms with van der Waals surface area (Å²) in [5.41, 5.74) is 6.48. The first-order valence-electron chi connectivity index (χ1n) is 4.26. The minimum Gasteiger partial charge on any atom is -0.489 e. The van der Waals surface area contributed by atoms with Gasteiger partial charge in [0.2, 0.25) is 0 Å². The molecule has 1 atom stereocenters. The van der Waals surface area contributed by atoms with E-state index in [1.54, 1.807) is 0 Å². The smallest absolute Gasteiger partial charge is 0.122 e. The van der Waals surface area contributed by atoms with Crippen molar-refractivity contribution in [3.8, 4) is 5.75 Å². The highest BCUT2D eigenvalue weighted by Crippen LogP contribution is 2.22. The molecule has 13 heavy (non-hydrogen) atoms. The summed E-state index contributed by atoms with van der Waals surface area (Å²) >= 11 is 5.81. The monoisotopic (exact) mass is 199 g/mol. The van der Waals surface area contributed by atoms with Crippen molar-refractivity contribution in [2.45, 2.75) is 20.0 Å². The third-order valence-corrected chi connectivity index (χ3v) is 2.03. The molecule has 0 radical (unpaired) electrons. The summed E-state index contributed by atoms with van der Waals surface area (Å²) in [6.45, 7) is 4.42. The predicted octanol–water partition coefficient (Wildman–Crippen LogP) is 2.37. The fourth-order valence-corrected chi connectivity index (χ4v) is 1.24. The lowest BCUT2D eigenvalue weighted by Crippen LogP contribution is -2.23. The Morgan fingerprint density at radius 2 is 2.23 bits per heavy atom. The largest absolute Gasteiger partial charge is 0.489 e. The lowest BCUT2D eigenvalue weighted by molar-refractivity contribution is 0.228. The minimum atomic E-state index is 0.0416. The molecule has 1 aromatic rings. The van der Waals surface area contributed by atoms with Crippen molar-refractivity contribution < 1.29 is 4.74 Å². The molecule has 0 aliphatic heterocycles. The Balaban J connectivity index is 2.77. The lowest BCUT2D eigenvalue weighted by Gasteiger charge is -2.14. The third kappa shape index (κ3) is 2.90. The molecule has 0 aromatic heterocycles. The van der Waals surface area contributed by atoms with Gasteiger partial charge in [0.15, 0.2) is 0 Å². The standard InChI is InChI=1S/C10H14ClNO/c1-7-5-9(11)3-4-10(7)13-8(2)6-12/h3-5,8H,6,12H2,1-2H3.